The van der Waals surface area contributed by atoms with Crippen LogP contribution in [0.25, 0.3) is 0 Å². The van der Waals surface area contributed by atoms with Crippen molar-refractivity contribution in [3.63, 3.8) is 0 Å². The molecular formula is C23H28N6O4S. The SMILES string of the molecule is CCN(CC)C(CNC(=O)c1ccc(Sc2nncn2C)c([N+](=O)[O-])c1)c1cccc(OC)c1. The second kappa shape index (κ2) is 11.6. The number of amides is 1. The summed E-state index contributed by atoms with van der Waals surface area (Å²) in [6.07, 6.45) is 1.52. The highest BCUT2D eigenvalue weighted by molar-refractivity contribution is 7.99. The summed E-state index contributed by atoms with van der Waals surface area (Å²) in [4.78, 5) is 26.8. The molecule has 0 radical (unpaired) electrons. The van der Waals surface area contributed by atoms with E-state index in [0.29, 0.717) is 16.6 Å². The number of nitro benzene ring substituents is 1. The number of carbonyl (C=O) groups is 1. The van der Waals surface area contributed by atoms with E-state index in [-0.39, 0.29) is 23.2 Å². The number of benzene rings is 2. The second-order valence-corrected chi connectivity index (χ2v) is 8.50. The predicted octanol–water partition coefficient (Wildman–Crippen LogP) is 3.70. The van der Waals surface area contributed by atoms with Gasteiger partial charge in [0.1, 0.15) is 12.1 Å². The molecule has 0 spiro atoms. The van der Waals surface area contributed by atoms with Crippen molar-refractivity contribution in [1.82, 2.24) is 25.0 Å². The molecule has 0 bridgehead atoms. The van der Waals surface area contributed by atoms with Gasteiger partial charge in [0.15, 0.2) is 5.16 Å². The molecule has 0 aliphatic carbocycles. The Kier molecular flexibility index (Phi) is 8.61. The summed E-state index contributed by atoms with van der Waals surface area (Å²) < 4.78 is 7.02. The first-order chi connectivity index (χ1) is 16.4. The van der Waals surface area contributed by atoms with Gasteiger partial charge in [-0.2, -0.15) is 0 Å². The van der Waals surface area contributed by atoms with Crippen LogP contribution in [0, 0.1) is 10.1 Å². The smallest absolute Gasteiger partial charge is 0.284 e. The number of aromatic nitrogens is 3. The van der Waals surface area contributed by atoms with E-state index in [1.807, 2.05) is 24.3 Å². The van der Waals surface area contributed by atoms with Crippen LogP contribution in [0.2, 0.25) is 0 Å². The normalized spacial score (nSPS) is 11.9. The van der Waals surface area contributed by atoms with E-state index < -0.39 is 4.92 Å². The largest absolute Gasteiger partial charge is 0.497 e. The number of carbonyl (C=O) groups excluding carboxylic acids is 1. The molecule has 1 unspecified atom stereocenters. The Labute approximate surface area is 202 Å². The van der Waals surface area contributed by atoms with Crippen LogP contribution in [0.3, 0.4) is 0 Å². The molecule has 0 aliphatic rings. The number of methoxy groups -OCH3 is 1. The molecule has 1 N–H and O–H groups in total. The van der Waals surface area contributed by atoms with E-state index in [0.717, 1.165) is 36.2 Å². The summed E-state index contributed by atoms with van der Waals surface area (Å²) in [5.41, 5.74) is 1.08. The Morgan fingerprint density at radius 2 is 2.03 bits per heavy atom. The maximum absolute atomic E-state index is 12.9. The van der Waals surface area contributed by atoms with Crippen molar-refractivity contribution in [3.8, 4) is 5.75 Å². The Morgan fingerprint density at radius 3 is 2.65 bits per heavy atom. The first-order valence-corrected chi connectivity index (χ1v) is 11.7. The summed E-state index contributed by atoms with van der Waals surface area (Å²) in [5, 5.41) is 22.9. The Bertz CT molecular complexity index is 1150. The van der Waals surface area contributed by atoms with Crippen LogP contribution in [0.1, 0.15) is 35.8 Å². The van der Waals surface area contributed by atoms with E-state index >= 15 is 0 Å². The fourth-order valence-electron chi connectivity index (χ4n) is 3.61. The third kappa shape index (κ3) is 5.91. The van der Waals surface area contributed by atoms with E-state index in [4.69, 9.17) is 4.74 Å². The first kappa shape index (κ1) is 25.2. The van der Waals surface area contributed by atoms with Crippen molar-refractivity contribution < 1.29 is 14.5 Å². The number of nitro groups is 1. The fraction of sp³-hybridized carbons (Fsp3) is 0.348. The first-order valence-electron chi connectivity index (χ1n) is 10.8. The minimum Gasteiger partial charge on any atom is -0.497 e. The molecule has 11 heteroatoms. The molecule has 0 saturated heterocycles. The van der Waals surface area contributed by atoms with Gasteiger partial charge in [0, 0.05) is 25.2 Å². The van der Waals surface area contributed by atoms with Crippen molar-refractivity contribution in [2.45, 2.75) is 29.9 Å². The van der Waals surface area contributed by atoms with Gasteiger partial charge in [-0.15, -0.1) is 10.2 Å². The molecule has 34 heavy (non-hydrogen) atoms. The van der Waals surface area contributed by atoms with Gasteiger partial charge in [0.25, 0.3) is 11.6 Å². The zero-order valence-corrected chi connectivity index (χ0v) is 20.4. The lowest BCUT2D eigenvalue weighted by atomic mass is 10.0. The summed E-state index contributed by atoms with van der Waals surface area (Å²) in [7, 11) is 3.37. The van der Waals surface area contributed by atoms with Crippen LogP contribution in [0.5, 0.6) is 5.75 Å². The Morgan fingerprint density at radius 1 is 1.26 bits per heavy atom. The monoisotopic (exact) mass is 484 g/mol. The quantitative estimate of drug-likeness (QED) is 0.324. The third-order valence-corrected chi connectivity index (χ3v) is 6.59. The van der Waals surface area contributed by atoms with E-state index in [1.54, 1.807) is 30.9 Å². The van der Waals surface area contributed by atoms with Gasteiger partial charge >= 0.3 is 0 Å². The van der Waals surface area contributed by atoms with Crippen LogP contribution in [-0.4, -0.2) is 57.2 Å². The molecule has 0 saturated carbocycles. The van der Waals surface area contributed by atoms with Gasteiger partial charge in [-0.3, -0.25) is 19.8 Å². The van der Waals surface area contributed by atoms with Crippen molar-refractivity contribution in [2.75, 3.05) is 26.7 Å². The van der Waals surface area contributed by atoms with Crippen LogP contribution in [-0.2, 0) is 7.05 Å². The topological polar surface area (TPSA) is 115 Å². The van der Waals surface area contributed by atoms with Crippen molar-refractivity contribution in [2.24, 2.45) is 7.05 Å². The van der Waals surface area contributed by atoms with Gasteiger partial charge in [-0.25, -0.2) is 0 Å². The summed E-state index contributed by atoms with van der Waals surface area (Å²) >= 11 is 1.12. The molecule has 1 heterocycles. The molecule has 3 rings (SSSR count). The van der Waals surface area contributed by atoms with E-state index in [1.165, 1.54) is 12.4 Å². The van der Waals surface area contributed by atoms with Gasteiger partial charge in [0.2, 0.25) is 0 Å². The molecule has 1 aromatic heterocycles. The van der Waals surface area contributed by atoms with Gasteiger partial charge in [0.05, 0.1) is 23.0 Å². The molecular weight excluding hydrogens is 456 g/mol. The minimum absolute atomic E-state index is 0.0743. The molecule has 180 valence electrons. The average Bonchev–Trinajstić information content (AvgIpc) is 3.25. The highest BCUT2D eigenvalue weighted by Gasteiger charge is 2.22. The number of hydrogen-bond acceptors (Lipinski definition) is 8. The molecule has 3 aromatic rings. The lowest BCUT2D eigenvalue weighted by molar-refractivity contribution is -0.387. The summed E-state index contributed by atoms with van der Waals surface area (Å²) in [6.45, 7) is 6.07. The maximum Gasteiger partial charge on any atom is 0.284 e. The fourth-order valence-corrected chi connectivity index (χ4v) is 4.46. The average molecular weight is 485 g/mol. The lowest BCUT2D eigenvalue weighted by Gasteiger charge is -2.30. The number of nitrogens with zero attached hydrogens (tertiary/aromatic N) is 5. The zero-order valence-electron chi connectivity index (χ0n) is 19.6. The molecule has 1 amide bonds. The molecule has 0 aliphatic heterocycles. The Hall–Kier alpha value is -3.44. The number of hydrogen-bond donors (Lipinski definition) is 1. The highest BCUT2D eigenvalue weighted by Crippen LogP contribution is 2.34. The zero-order chi connectivity index (χ0) is 24.7. The van der Waals surface area contributed by atoms with Gasteiger partial charge in [-0.05, 0) is 54.7 Å². The number of ether oxygens (including phenoxy) is 1. The van der Waals surface area contributed by atoms with Crippen LogP contribution in [0.4, 0.5) is 5.69 Å². The predicted molar refractivity (Wildman–Crippen MR) is 129 cm³/mol. The third-order valence-electron chi connectivity index (χ3n) is 5.48. The number of likely N-dealkylation sites (N-methyl/N-ethyl adjacent to an activating group) is 1. The maximum atomic E-state index is 12.9. The molecule has 1 atom stereocenters. The van der Waals surface area contributed by atoms with Crippen molar-refractivity contribution >= 4 is 23.4 Å². The summed E-state index contributed by atoms with van der Waals surface area (Å²) in [5.74, 6) is 0.367. The number of rotatable bonds is 11. The van der Waals surface area contributed by atoms with Crippen molar-refractivity contribution in [3.05, 3.63) is 70.0 Å². The van der Waals surface area contributed by atoms with E-state index in [9.17, 15) is 14.9 Å². The molecule has 10 nitrogen and oxygen atoms in total. The van der Waals surface area contributed by atoms with Gasteiger partial charge < -0.3 is 14.6 Å². The van der Waals surface area contributed by atoms with E-state index in [2.05, 4.69) is 34.3 Å². The minimum atomic E-state index is -0.496. The number of nitrogens with one attached hydrogen (secondary N) is 1. The standard InChI is InChI=1S/C23H28N6O4S/c1-5-28(6-2)20(16-8-7-9-18(12-16)33-4)14-24-22(30)17-10-11-21(19(13-17)29(31)32)34-23-26-25-15-27(23)3/h7-13,15,20H,5-6,14H2,1-4H3,(H,24,30). The second-order valence-electron chi connectivity index (χ2n) is 7.49. The molecule has 2 aromatic carbocycles. The van der Waals surface area contributed by atoms with Crippen LogP contribution < -0.4 is 10.1 Å². The molecule has 0 fully saturated rings. The van der Waals surface area contributed by atoms with Crippen molar-refractivity contribution in [1.29, 1.82) is 0 Å². The highest BCUT2D eigenvalue weighted by atomic mass is 32.2. The Balaban J connectivity index is 1.80. The van der Waals surface area contributed by atoms with Gasteiger partial charge in [-0.1, -0.05) is 26.0 Å². The number of aryl methyl sites for hydroxylation is 1. The lowest BCUT2D eigenvalue weighted by Crippen LogP contribution is -2.38. The van der Waals surface area contributed by atoms with Crippen LogP contribution in [0.15, 0.2) is 58.8 Å². The summed E-state index contributed by atoms with van der Waals surface area (Å²) in [6, 6.07) is 12.1. The van der Waals surface area contributed by atoms with Crippen LogP contribution >= 0.6 is 11.8 Å².